The van der Waals surface area contributed by atoms with Crippen LogP contribution in [0.3, 0.4) is 0 Å². The van der Waals surface area contributed by atoms with E-state index in [0.717, 1.165) is 0 Å². The van der Waals surface area contributed by atoms with E-state index in [9.17, 15) is 4.39 Å². The van der Waals surface area contributed by atoms with Gasteiger partial charge in [0.25, 0.3) is 0 Å². The molecule has 0 spiro atoms. The molecule has 2 heterocycles. The van der Waals surface area contributed by atoms with E-state index in [4.69, 9.17) is 5.26 Å². The van der Waals surface area contributed by atoms with Crippen LogP contribution in [0.25, 0.3) is 22.8 Å². The fourth-order valence-corrected chi connectivity index (χ4v) is 2.20. The van der Waals surface area contributed by atoms with Crippen LogP contribution in [-0.2, 0) is 0 Å². The van der Waals surface area contributed by atoms with Crippen molar-refractivity contribution in [2.24, 2.45) is 0 Å². The molecule has 1 aromatic carbocycles. The minimum absolute atomic E-state index is 0.345. The first kappa shape index (κ1) is 15.6. The zero-order valence-electron chi connectivity index (χ0n) is 12.8. The number of nitrogens with zero attached hydrogens (tertiary/aromatic N) is 4. The molecular weight excluding hydrogens is 305 g/mol. The monoisotopic (exact) mass is 319 g/mol. The lowest BCUT2D eigenvalue weighted by Crippen LogP contribution is -2.05. The molecule has 0 unspecified atom stereocenters. The van der Waals surface area contributed by atoms with Gasteiger partial charge in [0.2, 0.25) is 0 Å². The summed E-state index contributed by atoms with van der Waals surface area (Å²) in [6.07, 6.45) is 2.00. The van der Waals surface area contributed by atoms with Crippen LogP contribution in [0.4, 0.5) is 10.2 Å². The number of rotatable bonds is 5. The Morgan fingerprint density at radius 2 is 1.88 bits per heavy atom. The summed E-state index contributed by atoms with van der Waals surface area (Å²) in [4.78, 5) is 13.1. The minimum atomic E-state index is -0.355. The second-order valence-electron chi connectivity index (χ2n) is 4.99. The topological polar surface area (TPSA) is 74.5 Å². The highest BCUT2D eigenvalue weighted by Gasteiger charge is 2.12. The van der Waals surface area contributed by atoms with Gasteiger partial charge in [0, 0.05) is 24.4 Å². The molecule has 1 N–H and O–H groups in total. The maximum Gasteiger partial charge on any atom is 0.180 e. The molecule has 0 saturated heterocycles. The van der Waals surface area contributed by atoms with E-state index in [0.29, 0.717) is 41.6 Å². The molecule has 24 heavy (non-hydrogen) atoms. The molecule has 0 amide bonds. The summed E-state index contributed by atoms with van der Waals surface area (Å²) in [5.41, 5.74) is 1.45. The number of hydrogen-bond acceptors (Lipinski definition) is 5. The minimum Gasteiger partial charge on any atom is -0.369 e. The fraction of sp³-hybridized carbons (Fsp3) is 0.111. The van der Waals surface area contributed by atoms with Gasteiger partial charge in [0.1, 0.15) is 17.3 Å². The Labute approximate surface area is 138 Å². The van der Waals surface area contributed by atoms with E-state index in [1.807, 2.05) is 6.07 Å². The SMILES string of the molecule is N#CCCNc1cc(-c2ccccc2F)nc(-c2ccccn2)n1. The Balaban J connectivity index is 2.06. The maximum atomic E-state index is 14.1. The molecule has 3 rings (SSSR count). The first-order valence-corrected chi connectivity index (χ1v) is 7.44. The highest BCUT2D eigenvalue weighted by Crippen LogP contribution is 2.25. The Hall–Kier alpha value is -3.33. The zero-order chi connectivity index (χ0) is 16.8. The average molecular weight is 319 g/mol. The Bertz CT molecular complexity index is 874. The molecule has 5 nitrogen and oxygen atoms in total. The Morgan fingerprint density at radius 3 is 2.62 bits per heavy atom. The highest BCUT2D eigenvalue weighted by atomic mass is 19.1. The van der Waals surface area contributed by atoms with E-state index < -0.39 is 0 Å². The van der Waals surface area contributed by atoms with E-state index in [-0.39, 0.29) is 5.82 Å². The lowest BCUT2D eigenvalue weighted by Gasteiger charge is -2.09. The third-order valence-electron chi connectivity index (χ3n) is 3.31. The fourth-order valence-electron chi connectivity index (χ4n) is 2.20. The molecule has 6 heteroatoms. The van der Waals surface area contributed by atoms with Crippen molar-refractivity contribution in [2.45, 2.75) is 6.42 Å². The number of halogens is 1. The van der Waals surface area contributed by atoms with Gasteiger partial charge >= 0.3 is 0 Å². The first-order valence-electron chi connectivity index (χ1n) is 7.44. The summed E-state index contributed by atoms with van der Waals surface area (Å²) in [6, 6.07) is 15.6. The van der Waals surface area contributed by atoms with Crippen LogP contribution in [-0.4, -0.2) is 21.5 Å². The maximum absolute atomic E-state index is 14.1. The Kier molecular flexibility index (Phi) is 4.73. The number of anilines is 1. The predicted octanol–water partition coefficient (Wildman–Crippen LogP) is 3.67. The van der Waals surface area contributed by atoms with Crippen molar-refractivity contribution in [2.75, 3.05) is 11.9 Å². The molecule has 0 aliphatic carbocycles. The Morgan fingerprint density at radius 1 is 1.04 bits per heavy atom. The molecule has 0 fully saturated rings. The number of benzene rings is 1. The largest absolute Gasteiger partial charge is 0.369 e. The molecule has 0 atom stereocenters. The van der Waals surface area contributed by atoms with Crippen molar-refractivity contribution >= 4 is 5.82 Å². The van der Waals surface area contributed by atoms with Crippen LogP contribution in [0.1, 0.15) is 6.42 Å². The second-order valence-corrected chi connectivity index (χ2v) is 4.99. The summed E-state index contributed by atoms with van der Waals surface area (Å²) in [5.74, 6) is 0.570. The van der Waals surface area contributed by atoms with Crippen molar-refractivity contribution < 1.29 is 4.39 Å². The number of pyridine rings is 1. The quantitative estimate of drug-likeness (QED) is 0.726. The van der Waals surface area contributed by atoms with Crippen LogP contribution in [0.5, 0.6) is 0 Å². The predicted molar refractivity (Wildman–Crippen MR) is 89.4 cm³/mol. The lowest BCUT2D eigenvalue weighted by molar-refractivity contribution is 0.630. The summed E-state index contributed by atoms with van der Waals surface area (Å²) in [7, 11) is 0. The van der Waals surface area contributed by atoms with Gasteiger partial charge in [-0.05, 0) is 24.3 Å². The van der Waals surface area contributed by atoms with Crippen molar-refractivity contribution in [3.8, 4) is 28.8 Å². The standard InChI is InChI=1S/C18H14FN5/c19-14-7-2-1-6-13(14)16-12-17(22-11-5-9-20)24-18(23-16)15-8-3-4-10-21-15/h1-4,6-8,10,12H,5,11H2,(H,22,23,24). The van der Waals surface area contributed by atoms with Gasteiger partial charge in [-0.3, -0.25) is 4.98 Å². The van der Waals surface area contributed by atoms with Crippen molar-refractivity contribution in [3.63, 3.8) is 0 Å². The smallest absolute Gasteiger partial charge is 0.180 e. The molecule has 0 saturated carbocycles. The normalized spacial score (nSPS) is 10.2. The number of nitriles is 1. The van der Waals surface area contributed by atoms with Gasteiger partial charge < -0.3 is 5.32 Å². The number of aromatic nitrogens is 3. The molecule has 3 aromatic rings. The number of nitrogens with one attached hydrogen (secondary N) is 1. The van der Waals surface area contributed by atoms with Gasteiger partial charge in [0.05, 0.1) is 18.2 Å². The van der Waals surface area contributed by atoms with Crippen molar-refractivity contribution in [3.05, 3.63) is 60.5 Å². The van der Waals surface area contributed by atoms with Crippen LogP contribution >= 0.6 is 0 Å². The van der Waals surface area contributed by atoms with Crippen LogP contribution < -0.4 is 5.32 Å². The third-order valence-corrected chi connectivity index (χ3v) is 3.31. The number of hydrogen-bond donors (Lipinski definition) is 1. The summed E-state index contributed by atoms with van der Waals surface area (Å²) in [6.45, 7) is 0.450. The van der Waals surface area contributed by atoms with Gasteiger partial charge in [0.15, 0.2) is 5.82 Å². The van der Waals surface area contributed by atoms with Crippen LogP contribution in [0.15, 0.2) is 54.7 Å². The molecule has 0 aliphatic rings. The first-order chi connectivity index (χ1) is 11.8. The van der Waals surface area contributed by atoms with Gasteiger partial charge in [-0.25, -0.2) is 14.4 Å². The molecule has 2 aromatic heterocycles. The van der Waals surface area contributed by atoms with Crippen LogP contribution in [0.2, 0.25) is 0 Å². The summed E-state index contributed by atoms with van der Waals surface area (Å²) < 4.78 is 14.1. The molecule has 0 aliphatic heterocycles. The molecule has 0 radical (unpaired) electrons. The van der Waals surface area contributed by atoms with Gasteiger partial charge in [-0.2, -0.15) is 5.26 Å². The summed E-state index contributed by atoms with van der Waals surface area (Å²) in [5, 5.41) is 11.7. The van der Waals surface area contributed by atoms with Gasteiger partial charge in [-0.1, -0.05) is 18.2 Å². The van der Waals surface area contributed by atoms with Gasteiger partial charge in [-0.15, -0.1) is 0 Å². The summed E-state index contributed by atoms with van der Waals surface area (Å²) >= 11 is 0. The van der Waals surface area contributed by atoms with E-state index in [1.165, 1.54) is 6.07 Å². The third kappa shape index (κ3) is 3.52. The molecular formula is C18H14FN5. The molecule has 118 valence electrons. The average Bonchev–Trinajstić information content (AvgIpc) is 2.63. The van der Waals surface area contributed by atoms with Crippen LogP contribution in [0, 0.1) is 17.1 Å². The van der Waals surface area contributed by atoms with Crippen molar-refractivity contribution in [1.29, 1.82) is 5.26 Å². The lowest BCUT2D eigenvalue weighted by atomic mass is 10.1. The second kappa shape index (κ2) is 7.29. The highest BCUT2D eigenvalue weighted by molar-refractivity contribution is 5.66. The van der Waals surface area contributed by atoms with Crippen molar-refractivity contribution in [1.82, 2.24) is 15.0 Å². The van der Waals surface area contributed by atoms with E-state index in [1.54, 1.807) is 42.6 Å². The zero-order valence-corrected chi connectivity index (χ0v) is 12.8. The van der Waals surface area contributed by atoms with E-state index in [2.05, 4.69) is 26.3 Å². The molecule has 0 bridgehead atoms. The van der Waals surface area contributed by atoms with E-state index >= 15 is 0 Å².